The summed E-state index contributed by atoms with van der Waals surface area (Å²) in [4.78, 5) is 3.98. The Morgan fingerprint density at radius 1 is 1.53 bits per heavy atom. The molecule has 0 aliphatic carbocycles. The van der Waals surface area contributed by atoms with E-state index >= 15 is 0 Å². The molecular formula is C12H10FNO. The minimum atomic E-state index is -0.566. The van der Waals surface area contributed by atoms with Crippen LogP contribution >= 0.6 is 0 Å². The van der Waals surface area contributed by atoms with E-state index in [2.05, 4.69) is 17.1 Å². The van der Waals surface area contributed by atoms with Gasteiger partial charge in [-0.15, -0.1) is 0 Å². The predicted octanol–water partition coefficient (Wildman–Crippen LogP) is 2.75. The van der Waals surface area contributed by atoms with Crippen LogP contribution in [0.4, 0.5) is 4.39 Å². The predicted molar refractivity (Wildman–Crippen MR) is 55.8 cm³/mol. The third kappa shape index (κ3) is 1.75. The first-order chi connectivity index (χ1) is 7.18. The average molecular weight is 203 g/mol. The average Bonchev–Trinajstić information content (AvgIpc) is 2.20. The Hall–Kier alpha value is -2.08. The molecule has 15 heavy (non-hydrogen) atoms. The summed E-state index contributed by atoms with van der Waals surface area (Å²) in [6.45, 7) is 1.80. The summed E-state index contributed by atoms with van der Waals surface area (Å²) in [5, 5.41) is 9.62. The van der Waals surface area contributed by atoms with Crippen LogP contribution in [0, 0.1) is 24.9 Å². The number of pyridine rings is 1. The molecule has 0 unspecified atom stereocenters. The Labute approximate surface area is 88.5 Å². The highest BCUT2D eigenvalue weighted by molar-refractivity contribution is 5.65. The van der Waals surface area contributed by atoms with E-state index in [4.69, 9.17) is 0 Å². The first-order valence-electron chi connectivity index (χ1n) is 4.42. The number of halogens is 1. The topological polar surface area (TPSA) is 33.1 Å². The van der Waals surface area contributed by atoms with Gasteiger partial charge < -0.3 is 5.11 Å². The fourth-order valence-electron chi connectivity index (χ4n) is 1.31. The van der Waals surface area contributed by atoms with E-state index in [0.29, 0.717) is 0 Å². The van der Waals surface area contributed by atoms with E-state index in [-0.39, 0.29) is 18.4 Å². The monoisotopic (exact) mass is 203 g/mol. The first-order valence-corrected chi connectivity index (χ1v) is 4.42. The van der Waals surface area contributed by atoms with Crippen LogP contribution in [0.3, 0.4) is 0 Å². The lowest BCUT2D eigenvalue weighted by atomic mass is 10.1. The maximum absolute atomic E-state index is 13.3. The summed E-state index contributed by atoms with van der Waals surface area (Å²) >= 11 is 0. The summed E-state index contributed by atoms with van der Waals surface area (Å²) < 4.78 is 13.3. The summed E-state index contributed by atoms with van der Waals surface area (Å²) in [5.41, 5.74) is 1.28. The molecule has 0 spiro atoms. The fraction of sp³-hybridized carbons (Fsp3) is 0.0833. The molecule has 1 aromatic heterocycles. The highest BCUT2D eigenvalue weighted by Crippen LogP contribution is 2.28. The molecule has 0 atom stereocenters. The molecule has 0 saturated heterocycles. The van der Waals surface area contributed by atoms with Crippen LogP contribution in [0.1, 0.15) is 6.99 Å². The largest absolute Gasteiger partial charge is 0.506 e. The van der Waals surface area contributed by atoms with E-state index in [1.165, 1.54) is 12.1 Å². The molecule has 2 rings (SSSR count). The minimum Gasteiger partial charge on any atom is -0.506 e. The van der Waals surface area contributed by atoms with Crippen molar-refractivity contribution in [3.63, 3.8) is 0 Å². The summed E-state index contributed by atoms with van der Waals surface area (Å²) in [7, 11) is 0. The third-order valence-electron chi connectivity index (χ3n) is 2.01. The zero-order valence-corrected chi connectivity index (χ0v) is 8.08. The Morgan fingerprint density at radius 2 is 2.33 bits per heavy atom. The van der Waals surface area contributed by atoms with Crippen LogP contribution in [0.2, 0.25) is 0 Å². The molecule has 1 heterocycles. The number of aromatic hydroxyl groups is 1. The molecule has 76 valence electrons. The van der Waals surface area contributed by atoms with Gasteiger partial charge >= 0.3 is 0 Å². The number of rotatable bonds is 1. The minimum absolute atomic E-state index is 0. The molecular weight excluding hydrogens is 193 g/mol. The first kappa shape index (κ1) is 9.47. The normalized spacial score (nSPS) is 9.73. The molecule has 0 radical (unpaired) electrons. The quantitative estimate of drug-likeness (QED) is 0.773. The van der Waals surface area contributed by atoms with Crippen LogP contribution in [0.25, 0.3) is 11.3 Å². The molecule has 0 fully saturated rings. The van der Waals surface area contributed by atoms with Crippen molar-refractivity contribution in [1.82, 2.24) is 4.98 Å². The van der Waals surface area contributed by atoms with E-state index < -0.39 is 5.82 Å². The van der Waals surface area contributed by atoms with Gasteiger partial charge in [-0.1, -0.05) is 6.07 Å². The smallest absolute Gasteiger partial charge is 0.183 e. The van der Waals surface area contributed by atoms with Crippen LogP contribution in [0.5, 0.6) is 5.75 Å². The number of aromatic nitrogens is 1. The lowest BCUT2D eigenvalue weighted by Crippen LogP contribution is -1.88. The lowest BCUT2D eigenvalue weighted by molar-refractivity contribution is 0.474. The van der Waals surface area contributed by atoms with Crippen molar-refractivity contribution in [2.75, 3.05) is 0 Å². The van der Waals surface area contributed by atoms with Crippen molar-refractivity contribution in [1.29, 1.82) is 0 Å². The van der Waals surface area contributed by atoms with Crippen molar-refractivity contribution in [2.45, 2.75) is 6.92 Å². The van der Waals surface area contributed by atoms with Gasteiger partial charge in [0.1, 0.15) is 11.4 Å². The summed E-state index contributed by atoms with van der Waals surface area (Å²) in [6, 6.07) is 9.36. The van der Waals surface area contributed by atoms with Gasteiger partial charge in [0.15, 0.2) is 5.82 Å². The van der Waals surface area contributed by atoms with E-state index in [0.717, 1.165) is 5.56 Å². The Morgan fingerprint density at radius 3 is 3.00 bits per heavy atom. The standard InChI is InChI=1S/C12H8FNO.H2/c1-8-6-11(15)12(14-7-8)9-4-2-3-5-10(9)13;/h2,4,6-7,15H,1H3;1H. The molecule has 0 saturated carbocycles. The molecule has 0 aliphatic heterocycles. The van der Waals surface area contributed by atoms with Crippen molar-refractivity contribution in [3.8, 4) is 17.0 Å². The molecule has 0 bridgehead atoms. The second kappa shape index (κ2) is 3.58. The summed E-state index contributed by atoms with van der Waals surface area (Å²) in [6.07, 6.45) is 1.57. The highest BCUT2D eigenvalue weighted by Gasteiger charge is 2.09. The molecule has 3 heteroatoms. The summed E-state index contributed by atoms with van der Waals surface area (Å²) in [5.74, 6) is -0.599. The van der Waals surface area contributed by atoms with Crippen LogP contribution in [-0.2, 0) is 0 Å². The molecule has 2 nitrogen and oxygen atoms in total. The van der Waals surface area contributed by atoms with E-state index in [9.17, 15) is 9.50 Å². The van der Waals surface area contributed by atoms with Crippen molar-refractivity contribution >= 4 is 0 Å². The maximum Gasteiger partial charge on any atom is 0.183 e. The number of nitrogens with zero attached hydrogens (tertiary/aromatic N) is 1. The van der Waals surface area contributed by atoms with E-state index in [1.54, 1.807) is 19.2 Å². The zero-order chi connectivity index (χ0) is 10.8. The second-order valence-electron chi connectivity index (χ2n) is 3.21. The van der Waals surface area contributed by atoms with Crippen LogP contribution in [0.15, 0.2) is 24.4 Å². The molecule has 0 aliphatic rings. The van der Waals surface area contributed by atoms with Gasteiger partial charge in [-0.05, 0) is 36.8 Å². The number of hydrogen-bond donors (Lipinski definition) is 1. The van der Waals surface area contributed by atoms with Gasteiger partial charge in [0, 0.05) is 13.2 Å². The molecule has 2 aromatic rings. The van der Waals surface area contributed by atoms with Gasteiger partial charge in [0.25, 0.3) is 0 Å². The van der Waals surface area contributed by atoms with Gasteiger partial charge in [0.2, 0.25) is 0 Å². The molecule has 1 aromatic carbocycles. The number of hydrogen-bond acceptors (Lipinski definition) is 2. The number of aryl methyl sites for hydroxylation is 1. The Bertz CT molecular complexity index is 502. The second-order valence-corrected chi connectivity index (χ2v) is 3.21. The van der Waals surface area contributed by atoms with Crippen LogP contribution < -0.4 is 0 Å². The Kier molecular flexibility index (Phi) is 2.26. The van der Waals surface area contributed by atoms with Gasteiger partial charge in [-0.25, -0.2) is 0 Å². The van der Waals surface area contributed by atoms with Crippen molar-refractivity contribution < 1.29 is 10.9 Å². The SMILES string of the molecule is Cc1cnc(-c2ccc#cc2F)c(O)c1.[HH]. The van der Waals surface area contributed by atoms with Gasteiger partial charge in [0.05, 0.1) is 0 Å². The maximum atomic E-state index is 13.3. The molecule has 1 N–H and O–H groups in total. The van der Waals surface area contributed by atoms with E-state index in [1.807, 2.05) is 0 Å². The Balaban J connectivity index is 0.00000128. The lowest BCUT2D eigenvalue weighted by Gasteiger charge is -2.03. The fourth-order valence-corrected chi connectivity index (χ4v) is 1.31. The zero-order valence-electron chi connectivity index (χ0n) is 8.08. The van der Waals surface area contributed by atoms with Crippen molar-refractivity contribution in [3.05, 3.63) is 47.9 Å². The van der Waals surface area contributed by atoms with Crippen molar-refractivity contribution in [2.24, 2.45) is 0 Å². The highest BCUT2D eigenvalue weighted by atomic mass is 19.1. The third-order valence-corrected chi connectivity index (χ3v) is 2.01. The van der Waals surface area contributed by atoms with Gasteiger partial charge in [-0.2, -0.15) is 4.39 Å². The van der Waals surface area contributed by atoms with Gasteiger partial charge in [-0.3, -0.25) is 4.98 Å². The molecule has 0 amide bonds. The van der Waals surface area contributed by atoms with Crippen LogP contribution in [-0.4, -0.2) is 10.1 Å².